The topological polar surface area (TPSA) is 61.0 Å². The summed E-state index contributed by atoms with van der Waals surface area (Å²) in [6.07, 6.45) is 0. The minimum absolute atomic E-state index is 0.109. The van der Waals surface area contributed by atoms with E-state index in [0.29, 0.717) is 18.2 Å². The van der Waals surface area contributed by atoms with E-state index in [9.17, 15) is 0 Å². The van der Waals surface area contributed by atoms with Crippen LogP contribution in [0.5, 0.6) is 11.6 Å². The Bertz CT molecular complexity index is 1370. The van der Waals surface area contributed by atoms with Crippen LogP contribution in [0.3, 0.4) is 0 Å². The average Bonchev–Trinajstić information content (AvgIpc) is 3.19. The number of nitrogens with zero attached hydrogens (tertiary/aromatic N) is 4. The van der Waals surface area contributed by atoms with Gasteiger partial charge >= 0.3 is 0 Å². The van der Waals surface area contributed by atoms with Gasteiger partial charge in [0.05, 0.1) is 36.0 Å². The van der Waals surface area contributed by atoms with Crippen LogP contribution in [0.2, 0.25) is 5.02 Å². The fourth-order valence-electron chi connectivity index (χ4n) is 4.65. The van der Waals surface area contributed by atoms with Gasteiger partial charge in [-0.05, 0) is 55.5 Å². The standard InChI is InChI=1S/C26H21ClN4O2/c1-16-24-25-17(15-33-26(24)31(30-16)21-9-5-6-18(27)12-21)14-32-23-11-10-20(13-22(23)25)29-28-19-7-3-2-4-8-19/h2-13,17,25H,14-15H2,1H3/t17-,25+/m0/s1. The fraction of sp³-hybridized carbons (Fsp3) is 0.192. The van der Waals surface area contributed by atoms with Crippen LogP contribution in [0.15, 0.2) is 83.0 Å². The maximum atomic E-state index is 6.24. The number of fused-ring (bicyclic) bond motifs is 5. The molecule has 1 aromatic heterocycles. The van der Waals surface area contributed by atoms with E-state index in [0.717, 1.165) is 45.5 Å². The summed E-state index contributed by atoms with van der Waals surface area (Å²) in [5.74, 6) is 1.94. The first-order valence-electron chi connectivity index (χ1n) is 10.9. The van der Waals surface area contributed by atoms with Gasteiger partial charge in [0.25, 0.3) is 0 Å². The number of halogens is 1. The molecular weight excluding hydrogens is 436 g/mol. The maximum Gasteiger partial charge on any atom is 0.220 e. The molecule has 6 nitrogen and oxygen atoms in total. The van der Waals surface area contributed by atoms with Gasteiger partial charge < -0.3 is 9.47 Å². The molecule has 2 atom stereocenters. The molecule has 2 aliphatic heterocycles. The van der Waals surface area contributed by atoms with Gasteiger partial charge in [-0.25, -0.2) is 4.68 Å². The van der Waals surface area contributed by atoms with Crippen LogP contribution in [0.25, 0.3) is 5.69 Å². The Balaban J connectivity index is 1.43. The number of hydrogen-bond donors (Lipinski definition) is 0. The number of rotatable bonds is 3. The van der Waals surface area contributed by atoms with Crippen molar-refractivity contribution in [1.82, 2.24) is 9.78 Å². The van der Waals surface area contributed by atoms with E-state index in [4.69, 9.17) is 26.2 Å². The van der Waals surface area contributed by atoms with E-state index in [1.165, 1.54) is 0 Å². The lowest BCUT2D eigenvalue weighted by Gasteiger charge is -2.37. The van der Waals surface area contributed by atoms with E-state index in [2.05, 4.69) is 16.3 Å². The van der Waals surface area contributed by atoms with Crippen molar-refractivity contribution in [3.05, 3.63) is 94.6 Å². The number of aromatic nitrogens is 2. The molecule has 0 spiro atoms. The highest BCUT2D eigenvalue weighted by molar-refractivity contribution is 6.30. The van der Waals surface area contributed by atoms with Crippen LogP contribution in [-0.2, 0) is 0 Å². The van der Waals surface area contributed by atoms with Crippen LogP contribution in [0, 0.1) is 12.8 Å². The molecule has 3 aromatic carbocycles. The second-order valence-electron chi connectivity index (χ2n) is 8.31. The molecule has 0 radical (unpaired) electrons. The molecule has 0 aliphatic carbocycles. The first kappa shape index (κ1) is 20.0. The van der Waals surface area contributed by atoms with Crippen LogP contribution < -0.4 is 9.47 Å². The van der Waals surface area contributed by atoms with Gasteiger partial charge in [0.15, 0.2) is 0 Å². The van der Waals surface area contributed by atoms with Gasteiger partial charge in [-0.1, -0.05) is 35.9 Å². The molecule has 0 saturated heterocycles. The highest BCUT2D eigenvalue weighted by atomic mass is 35.5. The second kappa shape index (κ2) is 8.05. The summed E-state index contributed by atoms with van der Waals surface area (Å²) in [4.78, 5) is 0. The van der Waals surface area contributed by atoms with Crippen molar-refractivity contribution < 1.29 is 9.47 Å². The summed E-state index contributed by atoms with van der Waals surface area (Å²) in [5, 5.41) is 14.3. The third-order valence-electron chi connectivity index (χ3n) is 6.15. The largest absolute Gasteiger partial charge is 0.493 e. The van der Waals surface area contributed by atoms with Crippen molar-refractivity contribution >= 4 is 23.0 Å². The molecule has 164 valence electrons. The predicted octanol–water partition coefficient (Wildman–Crippen LogP) is 6.78. The lowest BCUT2D eigenvalue weighted by Crippen LogP contribution is -2.35. The highest BCUT2D eigenvalue weighted by Crippen LogP contribution is 2.49. The van der Waals surface area contributed by atoms with Crippen LogP contribution in [-0.4, -0.2) is 23.0 Å². The zero-order valence-electron chi connectivity index (χ0n) is 18.0. The Labute approximate surface area is 196 Å². The molecule has 3 heterocycles. The lowest BCUT2D eigenvalue weighted by molar-refractivity contribution is 0.121. The molecule has 0 fully saturated rings. The van der Waals surface area contributed by atoms with Gasteiger partial charge in [0.1, 0.15) is 5.75 Å². The molecule has 0 N–H and O–H groups in total. The normalized spacial score (nSPS) is 18.7. The Morgan fingerprint density at radius 3 is 2.58 bits per heavy atom. The first-order chi connectivity index (χ1) is 16.2. The van der Waals surface area contributed by atoms with Gasteiger partial charge in [0.2, 0.25) is 5.88 Å². The molecule has 2 aliphatic rings. The number of aryl methyl sites for hydroxylation is 1. The van der Waals surface area contributed by atoms with E-state index < -0.39 is 0 Å². The maximum absolute atomic E-state index is 6.24. The summed E-state index contributed by atoms with van der Waals surface area (Å²) >= 11 is 6.24. The van der Waals surface area contributed by atoms with E-state index in [1.807, 2.05) is 78.3 Å². The second-order valence-corrected chi connectivity index (χ2v) is 8.75. The van der Waals surface area contributed by atoms with E-state index in [-0.39, 0.29) is 11.8 Å². The number of hydrogen-bond acceptors (Lipinski definition) is 5. The molecule has 33 heavy (non-hydrogen) atoms. The quantitative estimate of drug-likeness (QED) is 0.319. The summed E-state index contributed by atoms with van der Waals surface area (Å²) in [6.45, 7) is 3.18. The van der Waals surface area contributed by atoms with E-state index in [1.54, 1.807) is 0 Å². The predicted molar refractivity (Wildman–Crippen MR) is 127 cm³/mol. The fourth-order valence-corrected chi connectivity index (χ4v) is 4.83. The summed E-state index contributed by atoms with van der Waals surface area (Å²) in [6, 6.07) is 23.4. The third-order valence-corrected chi connectivity index (χ3v) is 6.39. The van der Waals surface area contributed by atoms with Crippen molar-refractivity contribution in [3.63, 3.8) is 0 Å². The van der Waals surface area contributed by atoms with Crippen LogP contribution in [0.1, 0.15) is 22.7 Å². The van der Waals surface area contributed by atoms with Crippen molar-refractivity contribution in [2.24, 2.45) is 16.1 Å². The van der Waals surface area contributed by atoms with Gasteiger partial charge in [-0.3, -0.25) is 0 Å². The minimum atomic E-state index is 0.109. The van der Waals surface area contributed by atoms with Crippen LogP contribution in [0.4, 0.5) is 11.4 Å². The van der Waals surface area contributed by atoms with Crippen molar-refractivity contribution in [1.29, 1.82) is 0 Å². The Morgan fingerprint density at radius 1 is 0.909 bits per heavy atom. The number of azo groups is 1. The Hall–Kier alpha value is -3.64. The Kier molecular flexibility index (Phi) is 4.88. The van der Waals surface area contributed by atoms with Gasteiger partial charge in [-0.15, -0.1) is 0 Å². The van der Waals surface area contributed by atoms with Crippen molar-refractivity contribution in [2.75, 3.05) is 13.2 Å². The minimum Gasteiger partial charge on any atom is -0.493 e. The number of ether oxygens (including phenoxy) is 2. The SMILES string of the molecule is Cc1nn(-c2cccc(Cl)c2)c2c1[C@H]1c3cc(N=Nc4ccccc4)ccc3OC[C@H]1CO2. The Morgan fingerprint density at radius 2 is 1.73 bits per heavy atom. The van der Waals surface area contributed by atoms with Crippen molar-refractivity contribution in [2.45, 2.75) is 12.8 Å². The smallest absolute Gasteiger partial charge is 0.220 e. The zero-order chi connectivity index (χ0) is 22.4. The molecule has 6 rings (SSSR count). The highest BCUT2D eigenvalue weighted by Gasteiger charge is 2.41. The van der Waals surface area contributed by atoms with Crippen LogP contribution >= 0.6 is 11.6 Å². The molecule has 4 aromatic rings. The zero-order valence-corrected chi connectivity index (χ0v) is 18.7. The molecule has 0 bridgehead atoms. The molecule has 0 saturated carbocycles. The summed E-state index contributed by atoms with van der Waals surface area (Å²) in [5.41, 5.74) is 5.60. The summed E-state index contributed by atoms with van der Waals surface area (Å²) < 4.78 is 14.1. The molecular formula is C26H21ClN4O2. The monoisotopic (exact) mass is 456 g/mol. The number of benzene rings is 3. The molecule has 0 unspecified atom stereocenters. The first-order valence-corrected chi connectivity index (χ1v) is 11.3. The van der Waals surface area contributed by atoms with Gasteiger partial charge in [-0.2, -0.15) is 15.3 Å². The molecule has 0 amide bonds. The summed E-state index contributed by atoms with van der Waals surface area (Å²) in [7, 11) is 0. The van der Waals surface area contributed by atoms with E-state index >= 15 is 0 Å². The lowest BCUT2D eigenvalue weighted by atomic mass is 9.78. The van der Waals surface area contributed by atoms with Gasteiger partial charge in [0, 0.05) is 28.0 Å². The van der Waals surface area contributed by atoms with Crippen molar-refractivity contribution in [3.8, 4) is 17.3 Å². The third kappa shape index (κ3) is 3.56. The average molecular weight is 457 g/mol. The molecule has 7 heteroatoms.